The number of anilines is 1. The Morgan fingerprint density at radius 3 is 2.91 bits per heavy atom. The Balaban J connectivity index is 1.83. The Morgan fingerprint density at radius 2 is 2.14 bits per heavy atom. The van der Waals surface area contributed by atoms with Gasteiger partial charge in [0, 0.05) is 18.1 Å². The van der Waals surface area contributed by atoms with E-state index in [4.69, 9.17) is 16.2 Å². The molecule has 1 aliphatic heterocycles. The van der Waals surface area contributed by atoms with E-state index in [1.807, 2.05) is 0 Å². The molecule has 0 amide bonds. The molecular formula is C11H17N7O3S. The van der Waals surface area contributed by atoms with Gasteiger partial charge in [0.1, 0.15) is 18.5 Å². The molecule has 1 aliphatic rings. The summed E-state index contributed by atoms with van der Waals surface area (Å²) < 4.78 is 7.04. The van der Waals surface area contributed by atoms with Crippen LogP contribution in [-0.4, -0.2) is 71.5 Å². The molecule has 0 aromatic carbocycles. The maximum atomic E-state index is 10.2. The van der Waals surface area contributed by atoms with Gasteiger partial charge in [-0.2, -0.15) is 16.4 Å². The average molecular weight is 327 g/mol. The number of aromatic nitrogens is 5. The molecule has 0 spiro atoms. The molecule has 0 aliphatic carbocycles. The van der Waals surface area contributed by atoms with E-state index in [-0.39, 0.29) is 5.82 Å². The van der Waals surface area contributed by atoms with E-state index >= 15 is 0 Å². The zero-order valence-corrected chi connectivity index (χ0v) is 12.4. The molecule has 22 heavy (non-hydrogen) atoms. The standard InChI is InChI=1S/C11H17N7O3S/c12-1-2-22-3-5-7(19)8(20)11(21-5)18-10-6(16-17-18)9(13)14-4-15-10/h4-5,7-8,11,19-20H,1-3,12H2,(H2,13,14,15). The highest BCUT2D eigenvalue weighted by Gasteiger charge is 2.44. The largest absolute Gasteiger partial charge is 0.387 e. The highest BCUT2D eigenvalue weighted by molar-refractivity contribution is 7.99. The van der Waals surface area contributed by atoms with Crippen molar-refractivity contribution in [3.8, 4) is 0 Å². The zero-order valence-electron chi connectivity index (χ0n) is 11.6. The van der Waals surface area contributed by atoms with Crippen molar-refractivity contribution in [2.24, 2.45) is 5.73 Å². The van der Waals surface area contributed by atoms with Crippen LogP contribution in [0.5, 0.6) is 0 Å². The quantitative estimate of drug-likeness (QED) is 0.458. The van der Waals surface area contributed by atoms with Crippen molar-refractivity contribution >= 4 is 28.7 Å². The smallest absolute Gasteiger partial charge is 0.186 e. The van der Waals surface area contributed by atoms with E-state index in [1.54, 1.807) is 11.8 Å². The Kier molecular flexibility index (Phi) is 4.40. The Hall–Kier alpha value is -1.53. The Labute approximate surface area is 129 Å². The molecule has 2 aromatic rings. The number of aliphatic hydroxyl groups excluding tert-OH is 2. The SMILES string of the molecule is NCCSCC1OC(n2nnc3c(N)ncnc32)C(O)C1O. The van der Waals surface area contributed by atoms with Crippen molar-refractivity contribution < 1.29 is 14.9 Å². The first kappa shape index (κ1) is 15.4. The maximum absolute atomic E-state index is 10.2. The van der Waals surface area contributed by atoms with E-state index in [0.29, 0.717) is 23.5 Å². The lowest BCUT2D eigenvalue weighted by atomic mass is 10.1. The van der Waals surface area contributed by atoms with Gasteiger partial charge in [0.2, 0.25) is 0 Å². The number of ether oxygens (including phenoxy) is 1. The monoisotopic (exact) mass is 327 g/mol. The van der Waals surface area contributed by atoms with Crippen molar-refractivity contribution in [3.63, 3.8) is 0 Å². The first-order valence-corrected chi connectivity index (χ1v) is 7.89. The van der Waals surface area contributed by atoms with Gasteiger partial charge < -0.3 is 26.4 Å². The maximum Gasteiger partial charge on any atom is 0.186 e. The van der Waals surface area contributed by atoms with Gasteiger partial charge in [0.05, 0.1) is 6.10 Å². The topological polar surface area (TPSA) is 158 Å². The Morgan fingerprint density at radius 1 is 1.32 bits per heavy atom. The lowest BCUT2D eigenvalue weighted by Gasteiger charge is -2.14. The van der Waals surface area contributed by atoms with Gasteiger partial charge >= 0.3 is 0 Å². The molecule has 4 unspecified atom stereocenters. The van der Waals surface area contributed by atoms with Crippen LogP contribution < -0.4 is 11.5 Å². The third-order valence-corrected chi connectivity index (χ3v) is 4.50. The van der Waals surface area contributed by atoms with Gasteiger partial charge in [0.25, 0.3) is 0 Å². The molecular weight excluding hydrogens is 310 g/mol. The molecule has 6 N–H and O–H groups in total. The normalized spacial score (nSPS) is 28.5. The second kappa shape index (κ2) is 6.30. The number of nitrogen functional groups attached to an aromatic ring is 1. The minimum Gasteiger partial charge on any atom is -0.387 e. The predicted octanol–water partition coefficient (Wildman–Crippen LogP) is -1.89. The highest BCUT2D eigenvalue weighted by Crippen LogP contribution is 2.32. The molecule has 3 heterocycles. The molecule has 0 bridgehead atoms. The van der Waals surface area contributed by atoms with Crippen LogP contribution in [0.3, 0.4) is 0 Å². The van der Waals surface area contributed by atoms with Gasteiger partial charge in [-0.3, -0.25) is 0 Å². The summed E-state index contributed by atoms with van der Waals surface area (Å²) in [5.41, 5.74) is 11.8. The van der Waals surface area contributed by atoms with Crippen LogP contribution in [0.25, 0.3) is 11.2 Å². The van der Waals surface area contributed by atoms with Crippen LogP contribution in [-0.2, 0) is 4.74 Å². The first-order valence-electron chi connectivity index (χ1n) is 6.74. The summed E-state index contributed by atoms with van der Waals surface area (Å²) in [5.74, 6) is 1.47. The molecule has 2 aromatic heterocycles. The predicted molar refractivity (Wildman–Crippen MR) is 79.8 cm³/mol. The Bertz CT molecular complexity index is 654. The van der Waals surface area contributed by atoms with Crippen molar-refractivity contribution in [2.45, 2.75) is 24.5 Å². The minimum atomic E-state index is -1.13. The highest BCUT2D eigenvalue weighted by atomic mass is 32.2. The van der Waals surface area contributed by atoms with Crippen LogP contribution in [0.1, 0.15) is 6.23 Å². The van der Waals surface area contributed by atoms with Crippen LogP contribution >= 0.6 is 11.8 Å². The van der Waals surface area contributed by atoms with Crippen molar-refractivity contribution in [2.75, 3.05) is 23.8 Å². The second-order valence-corrected chi connectivity index (χ2v) is 6.02. The number of rotatable bonds is 5. The lowest BCUT2D eigenvalue weighted by molar-refractivity contribution is -0.0372. The third-order valence-electron chi connectivity index (χ3n) is 3.41. The van der Waals surface area contributed by atoms with Gasteiger partial charge in [-0.15, -0.1) is 5.10 Å². The van der Waals surface area contributed by atoms with Crippen molar-refractivity contribution in [1.29, 1.82) is 0 Å². The van der Waals surface area contributed by atoms with Crippen LogP contribution in [0, 0.1) is 0 Å². The molecule has 1 fully saturated rings. The zero-order chi connectivity index (χ0) is 15.7. The summed E-state index contributed by atoms with van der Waals surface area (Å²) in [4.78, 5) is 7.89. The number of nitrogens with two attached hydrogens (primary N) is 2. The van der Waals surface area contributed by atoms with Gasteiger partial charge in [-0.25, -0.2) is 9.97 Å². The van der Waals surface area contributed by atoms with Crippen molar-refractivity contribution in [1.82, 2.24) is 25.0 Å². The van der Waals surface area contributed by atoms with E-state index < -0.39 is 24.5 Å². The summed E-state index contributed by atoms with van der Waals surface area (Å²) in [5, 5.41) is 28.1. The summed E-state index contributed by atoms with van der Waals surface area (Å²) in [7, 11) is 0. The van der Waals surface area contributed by atoms with Crippen LogP contribution in [0.15, 0.2) is 6.33 Å². The summed E-state index contributed by atoms with van der Waals surface area (Å²) in [6.07, 6.45) is -2.27. The fourth-order valence-corrected chi connectivity index (χ4v) is 3.15. The van der Waals surface area contributed by atoms with Crippen LogP contribution in [0.4, 0.5) is 5.82 Å². The molecule has 120 valence electrons. The molecule has 1 saturated heterocycles. The van der Waals surface area contributed by atoms with Gasteiger partial charge in [0.15, 0.2) is 23.2 Å². The molecule has 0 radical (unpaired) electrons. The van der Waals surface area contributed by atoms with Gasteiger partial charge in [-0.1, -0.05) is 5.21 Å². The number of thioether (sulfide) groups is 1. The number of hydrogen-bond acceptors (Lipinski definition) is 10. The van der Waals surface area contributed by atoms with Crippen LogP contribution in [0.2, 0.25) is 0 Å². The summed E-state index contributed by atoms with van der Waals surface area (Å²) >= 11 is 1.55. The van der Waals surface area contributed by atoms with Gasteiger partial charge in [-0.05, 0) is 0 Å². The molecule has 4 atom stereocenters. The van der Waals surface area contributed by atoms with E-state index in [0.717, 1.165) is 5.75 Å². The fourth-order valence-electron chi connectivity index (χ4n) is 2.30. The second-order valence-electron chi connectivity index (χ2n) is 4.88. The first-order chi connectivity index (χ1) is 10.6. The van der Waals surface area contributed by atoms with E-state index in [1.165, 1.54) is 11.0 Å². The minimum absolute atomic E-state index is 0.194. The molecule has 10 nitrogen and oxygen atoms in total. The number of hydrogen-bond donors (Lipinski definition) is 4. The average Bonchev–Trinajstić information content (AvgIpc) is 3.05. The molecule has 3 rings (SSSR count). The number of nitrogens with zero attached hydrogens (tertiary/aromatic N) is 5. The van der Waals surface area contributed by atoms with E-state index in [2.05, 4.69) is 20.3 Å². The number of aliphatic hydroxyl groups is 2. The fraction of sp³-hybridized carbons (Fsp3) is 0.636. The van der Waals surface area contributed by atoms with E-state index in [9.17, 15) is 10.2 Å². The molecule has 11 heteroatoms. The summed E-state index contributed by atoms with van der Waals surface area (Å²) in [6.45, 7) is 0.545. The van der Waals surface area contributed by atoms with Crippen molar-refractivity contribution in [3.05, 3.63) is 6.33 Å². The lowest BCUT2D eigenvalue weighted by Crippen LogP contribution is -2.33. The summed E-state index contributed by atoms with van der Waals surface area (Å²) in [6, 6.07) is 0. The third kappa shape index (κ3) is 2.61. The molecule has 0 saturated carbocycles. The number of fused-ring (bicyclic) bond motifs is 1.